The van der Waals surface area contributed by atoms with Gasteiger partial charge in [0, 0.05) is 0 Å². The molecule has 1 aromatic rings. The van der Waals surface area contributed by atoms with E-state index >= 15 is 0 Å². The van der Waals surface area contributed by atoms with Gasteiger partial charge in [0.2, 0.25) is 0 Å². The number of hydrogen-bond acceptors (Lipinski definition) is 0. The summed E-state index contributed by atoms with van der Waals surface area (Å²) in [7, 11) is 0. The molecule has 0 heterocycles. The largest absolute Gasteiger partial charge is 0.203 e. The summed E-state index contributed by atoms with van der Waals surface area (Å²) in [4.78, 5) is 0. The van der Waals surface area contributed by atoms with Gasteiger partial charge in [-0.25, -0.2) is 8.78 Å². The predicted octanol–water partition coefficient (Wildman–Crippen LogP) is 9.91. The van der Waals surface area contributed by atoms with Crippen LogP contribution in [-0.2, 0) is 6.42 Å². The van der Waals surface area contributed by atoms with Gasteiger partial charge in [-0.15, -0.1) is 0 Å². The zero-order chi connectivity index (χ0) is 22.8. The fraction of sp³-hybridized carbons (Fsp3) is 0.733. The van der Waals surface area contributed by atoms with Crippen molar-refractivity contribution in [3.8, 4) is 0 Å². The molecule has 0 spiro atoms. The van der Waals surface area contributed by atoms with Crippen LogP contribution in [-0.4, -0.2) is 0 Å². The smallest absolute Gasteiger partial charge is 0.162 e. The molecule has 0 aromatic heterocycles. The summed E-state index contributed by atoms with van der Waals surface area (Å²) in [6.07, 6.45) is 23.9. The van der Waals surface area contributed by atoms with Crippen molar-refractivity contribution in [3.05, 3.63) is 47.0 Å². The van der Waals surface area contributed by atoms with E-state index in [2.05, 4.69) is 6.92 Å². The molecule has 0 aliphatic heterocycles. The monoisotopic (exact) mass is 444 g/mol. The molecule has 0 unspecified atom stereocenters. The molecular weight excluding hydrogens is 398 g/mol. The fourth-order valence-corrected chi connectivity index (χ4v) is 6.34. The third-order valence-electron chi connectivity index (χ3n) is 8.42. The van der Waals surface area contributed by atoms with E-state index in [9.17, 15) is 8.78 Å². The molecular formula is C30H46F2. The number of unbranched alkanes of at least 4 members (excludes halogenated alkanes) is 4. The Hall–Kier alpha value is -1.18. The van der Waals surface area contributed by atoms with Gasteiger partial charge >= 0.3 is 0 Å². The molecule has 2 aliphatic rings. The van der Waals surface area contributed by atoms with Crippen LogP contribution in [0, 0.1) is 29.4 Å². The molecule has 2 fully saturated rings. The van der Waals surface area contributed by atoms with Crippen LogP contribution in [0.25, 0.3) is 0 Å². The van der Waals surface area contributed by atoms with E-state index in [-0.39, 0.29) is 5.92 Å². The van der Waals surface area contributed by atoms with Crippen LogP contribution in [0.15, 0.2) is 24.3 Å². The highest BCUT2D eigenvalue weighted by molar-refractivity contribution is 5.30. The first-order valence-corrected chi connectivity index (χ1v) is 13.8. The molecule has 180 valence electrons. The summed E-state index contributed by atoms with van der Waals surface area (Å²) < 4.78 is 29.4. The molecule has 0 radical (unpaired) electrons. The maximum atomic E-state index is 14.8. The lowest BCUT2D eigenvalue weighted by Gasteiger charge is -2.38. The van der Waals surface area contributed by atoms with Crippen molar-refractivity contribution >= 4 is 0 Å². The molecule has 0 amide bonds. The SMILES string of the molecule is CC/C=C\Cc1ccc(C2CCC(C3CCC(CCCCCCC)CC3)CC2)c(F)c1F. The van der Waals surface area contributed by atoms with E-state index in [0.717, 1.165) is 37.0 Å². The summed E-state index contributed by atoms with van der Waals surface area (Å²) >= 11 is 0. The van der Waals surface area contributed by atoms with Gasteiger partial charge in [0.15, 0.2) is 11.6 Å². The van der Waals surface area contributed by atoms with Crippen molar-refractivity contribution in [2.45, 2.75) is 122 Å². The van der Waals surface area contributed by atoms with Gasteiger partial charge in [-0.2, -0.15) is 0 Å². The lowest BCUT2D eigenvalue weighted by Crippen LogP contribution is -2.25. The molecule has 0 atom stereocenters. The minimum atomic E-state index is -0.626. The molecule has 1 aromatic carbocycles. The highest BCUT2D eigenvalue weighted by Gasteiger charge is 2.32. The fourth-order valence-electron chi connectivity index (χ4n) is 6.34. The minimum Gasteiger partial charge on any atom is -0.203 e. The van der Waals surface area contributed by atoms with Gasteiger partial charge in [-0.3, -0.25) is 0 Å². The van der Waals surface area contributed by atoms with Crippen molar-refractivity contribution in [3.63, 3.8) is 0 Å². The molecule has 3 rings (SSSR count). The van der Waals surface area contributed by atoms with Crippen LogP contribution >= 0.6 is 0 Å². The number of rotatable bonds is 11. The Balaban J connectivity index is 1.43. The maximum Gasteiger partial charge on any atom is 0.162 e. The molecule has 0 saturated heterocycles. The Morgan fingerprint density at radius 3 is 2.06 bits per heavy atom. The summed E-state index contributed by atoms with van der Waals surface area (Å²) in [5.74, 6) is 1.63. The molecule has 2 saturated carbocycles. The number of benzene rings is 1. The Labute approximate surface area is 196 Å². The zero-order valence-electron chi connectivity index (χ0n) is 20.7. The van der Waals surface area contributed by atoms with Gasteiger partial charge in [-0.1, -0.05) is 89.5 Å². The molecule has 0 N–H and O–H groups in total. The second-order valence-corrected chi connectivity index (χ2v) is 10.6. The van der Waals surface area contributed by atoms with E-state index in [0.29, 0.717) is 17.5 Å². The lowest BCUT2D eigenvalue weighted by atomic mass is 9.68. The topological polar surface area (TPSA) is 0 Å². The van der Waals surface area contributed by atoms with Crippen molar-refractivity contribution in [1.29, 1.82) is 0 Å². The maximum absolute atomic E-state index is 14.8. The Kier molecular flexibility index (Phi) is 10.7. The van der Waals surface area contributed by atoms with E-state index in [1.54, 1.807) is 0 Å². The zero-order valence-corrected chi connectivity index (χ0v) is 20.7. The van der Waals surface area contributed by atoms with Crippen LogP contribution in [0.4, 0.5) is 8.78 Å². The average molecular weight is 445 g/mol. The van der Waals surface area contributed by atoms with Crippen molar-refractivity contribution < 1.29 is 8.78 Å². The average Bonchev–Trinajstić information content (AvgIpc) is 2.82. The third-order valence-corrected chi connectivity index (χ3v) is 8.42. The minimum absolute atomic E-state index is 0.195. The van der Waals surface area contributed by atoms with Gasteiger partial charge < -0.3 is 0 Å². The van der Waals surface area contributed by atoms with Crippen molar-refractivity contribution in [2.24, 2.45) is 17.8 Å². The Morgan fingerprint density at radius 2 is 1.41 bits per heavy atom. The summed E-state index contributed by atoms with van der Waals surface area (Å²) in [5.41, 5.74) is 1.10. The second kappa shape index (κ2) is 13.5. The quantitative estimate of drug-likeness (QED) is 0.235. The highest BCUT2D eigenvalue weighted by Crippen LogP contribution is 2.45. The third kappa shape index (κ3) is 7.16. The molecule has 0 bridgehead atoms. The normalized spacial score (nSPS) is 26.6. The molecule has 2 aliphatic carbocycles. The standard InChI is InChI=1S/C30H46F2/c1-3-5-7-8-10-11-23-13-15-24(16-14-23)25-17-19-26(20-18-25)28-22-21-27(12-9-6-4-2)29(31)30(28)32/h6,9,21-26H,3-5,7-8,10-20H2,1-2H3/b9-6-. The molecule has 0 nitrogen and oxygen atoms in total. The van der Waals surface area contributed by atoms with E-state index in [1.807, 2.05) is 31.2 Å². The van der Waals surface area contributed by atoms with Crippen LogP contribution in [0.3, 0.4) is 0 Å². The van der Waals surface area contributed by atoms with Crippen molar-refractivity contribution in [2.75, 3.05) is 0 Å². The van der Waals surface area contributed by atoms with Crippen molar-refractivity contribution in [1.82, 2.24) is 0 Å². The van der Waals surface area contributed by atoms with E-state index in [4.69, 9.17) is 0 Å². The van der Waals surface area contributed by atoms with Crippen LogP contribution in [0.2, 0.25) is 0 Å². The summed E-state index contributed by atoms with van der Waals surface area (Å²) in [6.45, 7) is 4.33. The number of allylic oxidation sites excluding steroid dienone is 2. The number of hydrogen-bond donors (Lipinski definition) is 0. The van der Waals surface area contributed by atoms with Gasteiger partial charge in [0.1, 0.15) is 0 Å². The van der Waals surface area contributed by atoms with Gasteiger partial charge in [0.25, 0.3) is 0 Å². The van der Waals surface area contributed by atoms with Gasteiger partial charge in [-0.05, 0) is 86.2 Å². The Bertz CT molecular complexity index is 691. The summed E-state index contributed by atoms with van der Waals surface area (Å²) in [5, 5.41) is 0. The number of halogens is 2. The first-order chi connectivity index (χ1) is 15.6. The summed E-state index contributed by atoms with van der Waals surface area (Å²) in [6, 6.07) is 3.67. The highest BCUT2D eigenvalue weighted by atomic mass is 19.2. The first-order valence-electron chi connectivity index (χ1n) is 13.8. The molecule has 32 heavy (non-hydrogen) atoms. The van der Waals surface area contributed by atoms with Crippen LogP contribution in [0.5, 0.6) is 0 Å². The first kappa shape index (κ1) is 25.4. The van der Waals surface area contributed by atoms with E-state index in [1.165, 1.54) is 77.0 Å². The van der Waals surface area contributed by atoms with Crippen LogP contribution < -0.4 is 0 Å². The Morgan fingerprint density at radius 1 is 0.750 bits per heavy atom. The molecule has 2 heteroatoms. The van der Waals surface area contributed by atoms with Crippen LogP contribution in [0.1, 0.15) is 127 Å². The van der Waals surface area contributed by atoms with E-state index < -0.39 is 11.6 Å². The van der Waals surface area contributed by atoms with Gasteiger partial charge in [0.05, 0.1) is 0 Å². The second-order valence-electron chi connectivity index (χ2n) is 10.6. The predicted molar refractivity (Wildman–Crippen MR) is 133 cm³/mol. The lowest BCUT2D eigenvalue weighted by molar-refractivity contribution is 0.155.